The summed E-state index contributed by atoms with van der Waals surface area (Å²) in [6, 6.07) is 17.5. The number of para-hydroxylation sites is 1. The van der Waals surface area contributed by atoms with Gasteiger partial charge in [-0.1, -0.05) is 30.3 Å². The molecule has 0 spiro atoms. The summed E-state index contributed by atoms with van der Waals surface area (Å²) >= 11 is 0. The predicted molar refractivity (Wildman–Crippen MR) is 92.0 cm³/mol. The van der Waals surface area contributed by atoms with Crippen LogP contribution in [0.25, 0.3) is 0 Å². The Morgan fingerprint density at radius 2 is 1.75 bits per heavy atom. The molecule has 0 aliphatic carbocycles. The molecule has 4 heteroatoms. The van der Waals surface area contributed by atoms with Gasteiger partial charge in [0, 0.05) is 19.4 Å². The Morgan fingerprint density at radius 3 is 2.42 bits per heavy atom. The van der Waals surface area contributed by atoms with E-state index in [1.54, 1.807) is 7.11 Å². The number of rotatable bonds is 5. The third-order valence-electron chi connectivity index (χ3n) is 4.45. The molecule has 24 heavy (non-hydrogen) atoms. The second kappa shape index (κ2) is 6.93. The number of methoxy groups -OCH3 is 1. The number of hydrogen-bond acceptors (Lipinski definition) is 4. The van der Waals surface area contributed by atoms with Crippen LogP contribution in [0.4, 0.5) is 0 Å². The molecule has 1 fully saturated rings. The highest BCUT2D eigenvalue weighted by Crippen LogP contribution is 2.44. The summed E-state index contributed by atoms with van der Waals surface area (Å²) < 4.78 is 17.3. The van der Waals surface area contributed by atoms with Gasteiger partial charge < -0.3 is 19.3 Å². The first-order valence-corrected chi connectivity index (χ1v) is 8.21. The monoisotopic (exact) mass is 328 g/mol. The second-order valence-electron chi connectivity index (χ2n) is 6.71. The molecule has 1 aliphatic heterocycles. The standard InChI is InChI=1S/C20H24O4/c1-20(2,21)17-13-18(22-3)24-19(17)14-8-7-11-16(12-14)23-15-9-5-4-6-10-15/h4-12,17-19,21H,13H2,1-3H3. The van der Waals surface area contributed by atoms with Crippen molar-refractivity contribution in [2.75, 3.05) is 7.11 Å². The van der Waals surface area contributed by atoms with Crippen LogP contribution >= 0.6 is 0 Å². The fraction of sp³-hybridized carbons (Fsp3) is 0.400. The van der Waals surface area contributed by atoms with E-state index >= 15 is 0 Å². The smallest absolute Gasteiger partial charge is 0.158 e. The van der Waals surface area contributed by atoms with Crippen LogP contribution in [-0.2, 0) is 9.47 Å². The third-order valence-corrected chi connectivity index (χ3v) is 4.45. The average Bonchev–Trinajstić information content (AvgIpc) is 3.01. The molecule has 1 aliphatic rings. The summed E-state index contributed by atoms with van der Waals surface area (Å²) in [6.07, 6.45) is 0.133. The Balaban J connectivity index is 1.84. The van der Waals surface area contributed by atoms with Gasteiger partial charge in [0.2, 0.25) is 0 Å². The van der Waals surface area contributed by atoms with Gasteiger partial charge in [0.1, 0.15) is 11.5 Å². The summed E-state index contributed by atoms with van der Waals surface area (Å²) in [6.45, 7) is 3.63. The van der Waals surface area contributed by atoms with Crippen molar-refractivity contribution in [2.24, 2.45) is 5.92 Å². The summed E-state index contributed by atoms with van der Waals surface area (Å²) in [5.41, 5.74) is 0.129. The van der Waals surface area contributed by atoms with Gasteiger partial charge in [-0.2, -0.15) is 0 Å². The number of benzene rings is 2. The maximum Gasteiger partial charge on any atom is 0.158 e. The van der Waals surface area contributed by atoms with E-state index in [9.17, 15) is 5.11 Å². The van der Waals surface area contributed by atoms with E-state index in [1.165, 1.54) is 0 Å². The Morgan fingerprint density at radius 1 is 1.04 bits per heavy atom. The van der Waals surface area contributed by atoms with Crippen molar-refractivity contribution in [2.45, 2.75) is 38.3 Å². The quantitative estimate of drug-likeness (QED) is 0.889. The minimum atomic E-state index is -0.853. The minimum Gasteiger partial charge on any atom is -0.457 e. The topological polar surface area (TPSA) is 47.9 Å². The molecule has 0 radical (unpaired) electrons. The van der Waals surface area contributed by atoms with Crippen LogP contribution in [0.3, 0.4) is 0 Å². The van der Waals surface area contributed by atoms with E-state index in [0.29, 0.717) is 6.42 Å². The Bertz CT molecular complexity index is 663. The molecule has 3 unspecified atom stereocenters. The van der Waals surface area contributed by atoms with Gasteiger partial charge in [-0.15, -0.1) is 0 Å². The van der Waals surface area contributed by atoms with Gasteiger partial charge in [-0.05, 0) is 43.7 Å². The SMILES string of the molecule is COC1CC(C(C)(C)O)C(c2cccc(Oc3ccccc3)c2)O1. The van der Waals surface area contributed by atoms with Crippen LogP contribution < -0.4 is 4.74 Å². The minimum absolute atomic E-state index is 0.0468. The van der Waals surface area contributed by atoms with Gasteiger partial charge in [-0.25, -0.2) is 0 Å². The highest BCUT2D eigenvalue weighted by Gasteiger charge is 2.44. The lowest BCUT2D eigenvalue weighted by atomic mass is 9.82. The van der Waals surface area contributed by atoms with Crippen LogP contribution in [-0.4, -0.2) is 24.1 Å². The first-order valence-electron chi connectivity index (χ1n) is 8.21. The Hall–Kier alpha value is -1.88. The van der Waals surface area contributed by atoms with Gasteiger partial charge in [-0.3, -0.25) is 0 Å². The lowest BCUT2D eigenvalue weighted by Gasteiger charge is -2.29. The number of aliphatic hydroxyl groups is 1. The first-order chi connectivity index (χ1) is 11.5. The highest BCUT2D eigenvalue weighted by molar-refractivity contribution is 5.35. The van der Waals surface area contributed by atoms with Crippen LogP contribution in [0.1, 0.15) is 31.9 Å². The second-order valence-corrected chi connectivity index (χ2v) is 6.71. The summed E-state index contributed by atoms with van der Waals surface area (Å²) in [5, 5.41) is 10.5. The van der Waals surface area contributed by atoms with E-state index in [0.717, 1.165) is 17.1 Å². The van der Waals surface area contributed by atoms with Gasteiger partial charge >= 0.3 is 0 Å². The zero-order chi connectivity index (χ0) is 17.2. The first kappa shape index (κ1) is 17.0. The molecular formula is C20H24O4. The van der Waals surface area contributed by atoms with Gasteiger partial charge in [0.05, 0.1) is 11.7 Å². The molecule has 3 atom stereocenters. The molecule has 0 amide bonds. The molecule has 1 N–H and O–H groups in total. The largest absolute Gasteiger partial charge is 0.457 e. The lowest BCUT2D eigenvalue weighted by Crippen LogP contribution is -2.33. The molecule has 128 valence electrons. The van der Waals surface area contributed by atoms with E-state index in [2.05, 4.69) is 0 Å². The maximum atomic E-state index is 10.5. The number of ether oxygens (including phenoxy) is 3. The van der Waals surface area contributed by atoms with Crippen molar-refractivity contribution in [1.29, 1.82) is 0 Å². The molecule has 1 saturated heterocycles. The molecule has 4 nitrogen and oxygen atoms in total. The van der Waals surface area contributed by atoms with Crippen molar-refractivity contribution in [3.8, 4) is 11.5 Å². The van der Waals surface area contributed by atoms with Crippen molar-refractivity contribution in [3.63, 3.8) is 0 Å². The van der Waals surface area contributed by atoms with Crippen molar-refractivity contribution >= 4 is 0 Å². The molecule has 1 heterocycles. The normalized spacial score (nSPS) is 24.1. The molecule has 3 rings (SSSR count). The third kappa shape index (κ3) is 3.78. The number of hydrogen-bond donors (Lipinski definition) is 1. The fourth-order valence-corrected chi connectivity index (χ4v) is 3.15. The lowest BCUT2D eigenvalue weighted by molar-refractivity contribution is -0.120. The van der Waals surface area contributed by atoms with E-state index in [1.807, 2.05) is 68.4 Å². The molecular weight excluding hydrogens is 304 g/mol. The average molecular weight is 328 g/mol. The summed E-state index contributed by atoms with van der Waals surface area (Å²) in [7, 11) is 1.63. The molecule has 0 aromatic heterocycles. The summed E-state index contributed by atoms with van der Waals surface area (Å²) in [5.74, 6) is 1.49. The van der Waals surface area contributed by atoms with Crippen molar-refractivity contribution in [1.82, 2.24) is 0 Å². The zero-order valence-corrected chi connectivity index (χ0v) is 14.3. The molecule has 2 aromatic rings. The Kier molecular flexibility index (Phi) is 4.90. The van der Waals surface area contributed by atoms with Crippen molar-refractivity contribution < 1.29 is 19.3 Å². The fourth-order valence-electron chi connectivity index (χ4n) is 3.15. The van der Waals surface area contributed by atoms with Crippen LogP contribution in [0, 0.1) is 5.92 Å². The highest BCUT2D eigenvalue weighted by atomic mass is 16.7. The molecule has 0 bridgehead atoms. The Labute approximate surface area is 143 Å². The van der Waals surface area contributed by atoms with Crippen LogP contribution in [0.2, 0.25) is 0 Å². The van der Waals surface area contributed by atoms with Crippen molar-refractivity contribution in [3.05, 3.63) is 60.2 Å². The van der Waals surface area contributed by atoms with Crippen LogP contribution in [0.15, 0.2) is 54.6 Å². The predicted octanol–water partition coefficient (Wildman–Crippen LogP) is 4.30. The maximum absolute atomic E-state index is 10.5. The van der Waals surface area contributed by atoms with E-state index < -0.39 is 5.60 Å². The molecule has 0 saturated carbocycles. The van der Waals surface area contributed by atoms with Gasteiger partial charge in [0.25, 0.3) is 0 Å². The van der Waals surface area contributed by atoms with Crippen LogP contribution in [0.5, 0.6) is 11.5 Å². The molecule has 2 aromatic carbocycles. The van der Waals surface area contributed by atoms with E-state index in [4.69, 9.17) is 14.2 Å². The van der Waals surface area contributed by atoms with E-state index in [-0.39, 0.29) is 18.3 Å². The van der Waals surface area contributed by atoms with Gasteiger partial charge in [0.15, 0.2) is 6.29 Å². The zero-order valence-electron chi connectivity index (χ0n) is 14.3. The summed E-state index contributed by atoms with van der Waals surface area (Å²) in [4.78, 5) is 0.